The fourth-order valence-corrected chi connectivity index (χ4v) is 1.33. The highest BCUT2D eigenvalue weighted by Gasteiger charge is 2.02. The van der Waals surface area contributed by atoms with Crippen molar-refractivity contribution in [1.82, 2.24) is 5.32 Å². The molecule has 0 atom stereocenters. The van der Waals surface area contributed by atoms with E-state index in [1.807, 2.05) is 13.0 Å². The molecule has 5 nitrogen and oxygen atoms in total. The van der Waals surface area contributed by atoms with Crippen molar-refractivity contribution in [2.75, 3.05) is 25.1 Å². The smallest absolute Gasteiger partial charge is 0.319 e. The summed E-state index contributed by atoms with van der Waals surface area (Å²) in [5.41, 5.74) is 1.58. The monoisotopic (exact) mass is 264 g/mol. The lowest BCUT2D eigenvalue weighted by molar-refractivity contribution is 0.249. The lowest BCUT2D eigenvalue weighted by Crippen LogP contribution is -2.29. The number of anilines is 1. The number of rotatable bonds is 7. The normalized spacial score (nSPS) is 9.79. The Balaban J connectivity index is 2.47. The van der Waals surface area contributed by atoms with E-state index in [0.717, 1.165) is 5.57 Å². The van der Waals surface area contributed by atoms with E-state index in [1.54, 1.807) is 18.2 Å². The lowest BCUT2D eigenvalue weighted by atomic mass is 10.3. The van der Waals surface area contributed by atoms with Crippen LogP contribution in [0.2, 0.25) is 0 Å². The van der Waals surface area contributed by atoms with Crippen molar-refractivity contribution in [3.8, 4) is 5.75 Å². The van der Waals surface area contributed by atoms with Gasteiger partial charge >= 0.3 is 6.03 Å². The summed E-state index contributed by atoms with van der Waals surface area (Å²) in [6.45, 7) is 6.59. The van der Waals surface area contributed by atoms with Crippen LogP contribution in [0.4, 0.5) is 10.5 Å². The van der Waals surface area contributed by atoms with Gasteiger partial charge in [-0.05, 0) is 31.1 Å². The zero-order valence-corrected chi connectivity index (χ0v) is 11.1. The number of urea groups is 1. The minimum Gasteiger partial charge on any atom is -0.489 e. The zero-order chi connectivity index (χ0) is 14.1. The Labute approximate surface area is 113 Å². The topological polar surface area (TPSA) is 70.6 Å². The highest BCUT2D eigenvalue weighted by molar-refractivity contribution is 5.89. The maximum Gasteiger partial charge on any atom is 0.319 e. The second kappa shape index (κ2) is 8.16. The summed E-state index contributed by atoms with van der Waals surface area (Å²) < 4.78 is 5.48. The molecule has 0 heterocycles. The van der Waals surface area contributed by atoms with Crippen LogP contribution in [0.15, 0.2) is 36.4 Å². The molecule has 0 unspecified atom stereocenters. The summed E-state index contributed by atoms with van der Waals surface area (Å²) in [6.07, 6.45) is 0.537. The molecule has 2 amide bonds. The number of nitrogens with one attached hydrogen (secondary N) is 2. The highest BCUT2D eigenvalue weighted by Crippen LogP contribution is 2.17. The van der Waals surface area contributed by atoms with Gasteiger partial charge in [0.15, 0.2) is 0 Å². The van der Waals surface area contributed by atoms with Crippen LogP contribution < -0.4 is 15.4 Å². The number of carbonyl (C=O) groups is 1. The molecular formula is C14H20N2O3. The van der Waals surface area contributed by atoms with E-state index in [2.05, 4.69) is 17.2 Å². The van der Waals surface area contributed by atoms with Crippen molar-refractivity contribution in [2.24, 2.45) is 0 Å². The predicted octanol–water partition coefficient (Wildman–Crippen LogP) is 2.15. The Morgan fingerprint density at radius 1 is 1.47 bits per heavy atom. The average molecular weight is 264 g/mol. The number of hydrogen-bond donors (Lipinski definition) is 3. The fraction of sp³-hybridized carbons (Fsp3) is 0.357. The Kier molecular flexibility index (Phi) is 6.46. The quantitative estimate of drug-likeness (QED) is 0.522. The van der Waals surface area contributed by atoms with Crippen LogP contribution in [0.3, 0.4) is 0 Å². The minimum atomic E-state index is -0.300. The third-order valence-electron chi connectivity index (χ3n) is 2.20. The Morgan fingerprint density at radius 3 is 2.95 bits per heavy atom. The molecule has 0 radical (unpaired) electrons. The van der Waals surface area contributed by atoms with Crippen molar-refractivity contribution in [3.05, 3.63) is 36.4 Å². The second-order valence-electron chi connectivity index (χ2n) is 4.23. The van der Waals surface area contributed by atoms with Gasteiger partial charge in [0.2, 0.25) is 0 Å². The van der Waals surface area contributed by atoms with E-state index < -0.39 is 0 Å². The number of hydrogen-bond acceptors (Lipinski definition) is 3. The molecule has 0 spiro atoms. The summed E-state index contributed by atoms with van der Waals surface area (Å²) >= 11 is 0. The maximum atomic E-state index is 11.5. The molecule has 0 saturated heterocycles. The summed E-state index contributed by atoms with van der Waals surface area (Å²) in [7, 11) is 0. The van der Waals surface area contributed by atoms with Crippen molar-refractivity contribution in [1.29, 1.82) is 0 Å². The fourth-order valence-electron chi connectivity index (χ4n) is 1.33. The molecule has 1 rings (SSSR count). The van der Waals surface area contributed by atoms with E-state index in [4.69, 9.17) is 9.84 Å². The van der Waals surface area contributed by atoms with Gasteiger partial charge in [0.05, 0.1) is 0 Å². The highest BCUT2D eigenvalue weighted by atomic mass is 16.5. The van der Waals surface area contributed by atoms with Gasteiger partial charge < -0.3 is 20.5 Å². The van der Waals surface area contributed by atoms with Crippen molar-refractivity contribution in [3.63, 3.8) is 0 Å². The van der Waals surface area contributed by atoms with Gasteiger partial charge in [-0.3, -0.25) is 0 Å². The summed E-state index contributed by atoms with van der Waals surface area (Å²) in [5.74, 6) is 0.677. The van der Waals surface area contributed by atoms with Crippen LogP contribution in [-0.4, -0.2) is 30.9 Å². The summed E-state index contributed by atoms with van der Waals surface area (Å²) in [4.78, 5) is 11.5. The van der Waals surface area contributed by atoms with Gasteiger partial charge in [-0.2, -0.15) is 0 Å². The van der Waals surface area contributed by atoms with Gasteiger partial charge in [0, 0.05) is 24.9 Å². The van der Waals surface area contributed by atoms with Crippen LogP contribution in [0.5, 0.6) is 5.75 Å². The molecule has 19 heavy (non-hydrogen) atoms. The Bertz CT molecular complexity index is 432. The van der Waals surface area contributed by atoms with Gasteiger partial charge in [-0.15, -0.1) is 0 Å². The molecular weight excluding hydrogens is 244 g/mol. The molecule has 0 fully saturated rings. The van der Waals surface area contributed by atoms with E-state index >= 15 is 0 Å². The average Bonchev–Trinajstić information content (AvgIpc) is 2.37. The molecule has 0 aromatic heterocycles. The molecule has 0 aliphatic heterocycles. The van der Waals surface area contributed by atoms with Crippen LogP contribution in [0.1, 0.15) is 13.3 Å². The van der Waals surface area contributed by atoms with Crippen LogP contribution in [0.25, 0.3) is 0 Å². The van der Waals surface area contributed by atoms with E-state index in [0.29, 0.717) is 31.0 Å². The molecule has 0 aliphatic rings. The first-order chi connectivity index (χ1) is 9.11. The van der Waals surface area contributed by atoms with Crippen molar-refractivity contribution >= 4 is 11.7 Å². The number of benzene rings is 1. The first kappa shape index (κ1) is 15.0. The predicted molar refractivity (Wildman–Crippen MR) is 75.5 cm³/mol. The standard InChI is InChI=1S/C14H20N2O3/c1-11(2)10-19-13-6-3-5-12(9-13)16-14(18)15-7-4-8-17/h3,5-6,9,17H,1,4,7-8,10H2,2H3,(H2,15,16,18). The SMILES string of the molecule is C=C(C)COc1cccc(NC(=O)NCCCO)c1. The molecule has 5 heteroatoms. The maximum absolute atomic E-state index is 11.5. The molecule has 3 N–H and O–H groups in total. The minimum absolute atomic E-state index is 0.0600. The van der Waals surface area contributed by atoms with Gasteiger partial charge in [-0.1, -0.05) is 12.6 Å². The number of ether oxygens (including phenoxy) is 1. The second-order valence-corrected chi connectivity index (χ2v) is 4.23. The largest absolute Gasteiger partial charge is 0.489 e. The molecule has 1 aromatic rings. The third kappa shape index (κ3) is 6.47. The van der Waals surface area contributed by atoms with Crippen LogP contribution in [0, 0.1) is 0 Å². The first-order valence-corrected chi connectivity index (χ1v) is 6.15. The van der Waals surface area contributed by atoms with Crippen LogP contribution in [-0.2, 0) is 0 Å². The molecule has 0 aliphatic carbocycles. The van der Waals surface area contributed by atoms with Crippen molar-refractivity contribution < 1.29 is 14.6 Å². The molecule has 104 valence electrons. The van der Waals surface area contributed by atoms with Crippen LogP contribution >= 0.6 is 0 Å². The zero-order valence-electron chi connectivity index (χ0n) is 11.1. The number of aliphatic hydroxyl groups excluding tert-OH is 1. The molecule has 1 aromatic carbocycles. The third-order valence-corrected chi connectivity index (χ3v) is 2.20. The van der Waals surface area contributed by atoms with E-state index in [-0.39, 0.29) is 12.6 Å². The molecule has 0 saturated carbocycles. The Hall–Kier alpha value is -2.01. The first-order valence-electron chi connectivity index (χ1n) is 6.15. The summed E-state index contributed by atoms with van der Waals surface area (Å²) in [6, 6.07) is 6.84. The van der Waals surface area contributed by atoms with Gasteiger partial charge in [0.25, 0.3) is 0 Å². The molecule has 0 bridgehead atoms. The van der Waals surface area contributed by atoms with E-state index in [9.17, 15) is 4.79 Å². The van der Waals surface area contributed by atoms with Crippen molar-refractivity contribution in [2.45, 2.75) is 13.3 Å². The number of carbonyl (C=O) groups excluding carboxylic acids is 1. The lowest BCUT2D eigenvalue weighted by Gasteiger charge is -2.09. The number of aliphatic hydroxyl groups is 1. The van der Waals surface area contributed by atoms with Gasteiger partial charge in [0.1, 0.15) is 12.4 Å². The van der Waals surface area contributed by atoms with Gasteiger partial charge in [-0.25, -0.2) is 4.79 Å². The van der Waals surface area contributed by atoms with E-state index in [1.165, 1.54) is 0 Å². The Morgan fingerprint density at radius 2 is 2.26 bits per heavy atom. The number of amides is 2. The summed E-state index contributed by atoms with van der Waals surface area (Å²) in [5, 5.41) is 13.9.